The Hall–Kier alpha value is -2.66. The van der Waals surface area contributed by atoms with Crippen LogP contribution in [0.2, 0.25) is 0 Å². The predicted molar refractivity (Wildman–Crippen MR) is 102 cm³/mol. The van der Waals surface area contributed by atoms with Gasteiger partial charge in [-0.2, -0.15) is 0 Å². The zero-order valence-electron chi connectivity index (χ0n) is 15.1. The molecule has 5 heteroatoms. The number of hydrogen-bond donors (Lipinski definition) is 1. The quantitative estimate of drug-likeness (QED) is 0.897. The highest BCUT2D eigenvalue weighted by Crippen LogP contribution is 2.09. The van der Waals surface area contributed by atoms with Crippen molar-refractivity contribution >= 4 is 11.8 Å². The zero-order chi connectivity index (χ0) is 18.4. The van der Waals surface area contributed by atoms with Gasteiger partial charge in [0.05, 0.1) is 6.54 Å². The van der Waals surface area contributed by atoms with Gasteiger partial charge in [-0.05, 0) is 24.1 Å². The van der Waals surface area contributed by atoms with Crippen molar-refractivity contribution in [2.24, 2.45) is 0 Å². The number of amides is 2. The molecule has 1 fully saturated rings. The maximum Gasteiger partial charge on any atom is 0.251 e. The summed E-state index contributed by atoms with van der Waals surface area (Å²) in [6, 6.07) is 17.8. The molecule has 0 aromatic heterocycles. The number of carbonyl (C=O) groups excluding carboxylic acids is 2. The Kier molecular flexibility index (Phi) is 6.02. The molecule has 0 atom stereocenters. The fraction of sp³-hybridized carbons (Fsp3) is 0.333. The monoisotopic (exact) mass is 351 g/mol. The summed E-state index contributed by atoms with van der Waals surface area (Å²) >= 11 is 0. The third kappa shape index (κ3) is 4.70. The minimum atomic E-state index is -0.195. The molecule has 0 radical (unpaired) electrons. The van der Waals surface area contributed by atoms with Gasteiger partial charge in [0, 0.05) is 38.3 Å². The Bertz CT molecular complexity index is 753. The number of benzene rings is 2. The van der Waals surface area contributed by atoms with Crippen molar-refractivity contribution in [2.45, 2.75) is 13.5 Å². The van der Waals surface area contributed by atoms with Gasteiger partial charge in [-0.15, -0.1) is 0 Å². The Labute approximate surface area is 154 Å². The molecule has 2 aromatic rings. The lowest BCUT2D eigenvalue weighted by molar-refractivity contribution is -0.131. The molecule has 3 rings (SSSR count). The molecule has 1 aliphatic rings. The molecule has 136 valence electrons. The molecule has 1 N–H and O–H groups in total. The second-order valence-electron chi connectivity index (χ2n) is 6.64. The van der Waals surface area contributed by atoms with E-state index in [1.807, 2.05) is 48.2 Å². The summed E-state index contributed by atoms with van der Waals surface area (Å²) in [5.74, 6) is -0.217. The highest BCUT2D eigenvalue weighted by Gasteiger charge is 2.21. The lowest BCUT2D eigenvalue weighted by Gasteiger charge is -2.34. The average Bonchev–Trinajstić information content (AvgIpc) is 2.67. The van der Waals surface area contributed by atoms with Gasteiger partial charge < -0.3 is 10.2 Å². The average molecular weight is 351 g/mol. The Balaban J connectivity index is 1.44. The summed E-state index contributed by atoms with van der Waals surface area (Å²) in [4.78, 5) is 28.8. The van der Waals surface area contributed by atoms with Crippen LogP contribution in [0.4, 0.5) is 0 Å². The number of hydrogen-bond acceptors (Lipinski definition) is 3. The first kappa shape index (κ1) is 18.1. The largest absolute Gasteiger partial charge is 0.343 e. The van der Waals surface area contributed by atoms with Crippen LogP contribution in [0.25, 0.3) is 0 Å². The number of rotatable bonds is 5. The summed E-state index contributed by atoms with van der Waals surface area (Å²) in [6.45, 7) is 5.96. The van der Waals surface area contributed by atoms with Crippen LogP contribution in [0.3, 0.4) is 0 Å². The van der Waals surface area contributed by atoms with E-state index >= 15 is 0 Å². The van der Waals surface area contributed by atoms with E-state index in [1.165, 1.54) is 5.56 Å². The smallest absolute Gasteiger partial charge is 0.251 e. The molecule has 0 saturated carbocycles. The van der Waals surface area contributed by atoms with E-state index in [1.54, 1.807) is 6.07 Å². The second kappa shape index (κ2) is 8.63. The van der Waals surface area contributed by atoms with E-state index in [2.05, 4.69) is 22.3 Å². The SMILES string of the molecule is Cc1ccccc1C(=O)NCC(=O)N1CCN(Cc2ccccc2)CC1. The van der Waals surface area contributed by atoms with Crippen molar-refractivity contribution < 1.29 is 9.59 Å². The number of nitrogens with zero attached hydrogens (tertiary/aromatic N) is 2. The van der Waals surface area contributed by atoms with Gasteiger partial charge in [0.2, 0.25) is 5.91 Å². The van der Waals surface area contributed by atoms with Gasteiger partial charge >= 0.3 is 0 Å². The van der Waals surface area contributed by atoms with Gasteiger partial charge in [-0.3, -0.25) is 14.5 Å². The molecule has 1 heterocycles. The fourth-order valence-corrected chi connectivity index (χ4v) is 3.19. The number of nitrogens with one attached hydrogen (secondary N) is 1. The van der Waals surface area contributed by atoms with Crippen LogP contribution in [0.1, 0.15) is 21.5 Å². The molecule has 0 unspecified atom stereocenters. The maximum atomic E-state index is 12.4. The highest BCUT2D eigenvalue weighted by atomic mass is 16.2. The van der Waals surface area contributed by atoms with Crippen LogP contribution in [0, 0.1) is 6.92 Å². The van der Waals surface area contributed by atoms with Crippen molar-refractivity contribution in [1.82, 2.24) is 15.1 Å². The van der Waals surface area contributed by atoms with Crippen molar-refractivity contribution in [3.8, 4) is 0 Å². The Morgan fingerprint density at radius 3 is 2.27 bits per heavy atom. The Morgan fingerprint density at radius 2 is 1.58 bits per heavy atom. The predicted octanol–water partition coefficient (Wildman–Crippen LogP) is 2.07. The summed E-state index contributed by atoms with van der Waals surface area (Å²) in [6.07, 6.45) is 0. The molecule has 0 aliphatic carbocycles. The van der Waals surface area contributed by atoms with Crippen molar-refractivity contribution in [3.63, 3.8) is 0 Å². The summed E-state index contributed by atoms with van der Waals surface area (Å²) in [7, 11) is 0. The first-order valence-electron chi connectivity index (χ1n) is 9.01. The summed E-state index contributed by atoms with van der Waals surface area (Å²) < 4.78 is 0. The molecule has 5 nitrogen and oxygen atoms in total. The van der Waals surface area contributed by atoms with Gasteiger partial charge in [0.1, 0.15) is 0 Å². The standard InChI is InChI=1S/C21H25N3O2/c1-17-7-5-6-10-19(17)21(26)22-15-20(25)24-13-11-23(12-14-24)16-18-8-3-2-4-9-18/h2-10H,11-16H2,1H3,(H,22,26). The van der Waals surface area contributed by atoms with E-state index in [0.717, 1.165) is 25.2 Å². The fourth-order valence-electron chi connectivity index (χ4n) is 3.19. The molecular formula is C21H25N3O2. The summed E-state index contributed by atoms with van der Waals surface area (Å²) in [5, 5.41) is 2.74. The van der Waals surface area contributed by atoms with E-state index in [9.17, 15) is 9.59 Å². The van der Waals surface area contributed by atoms with Crippen molar-refractivity contribution in [2.75, 3.05) is 32.7 Å². The lowest BCUT2D eigenvalue weighted by atomic mass is 10.1. The van der Waals surface area contributed by atoms with Crippen molar-refractivity contribution in [1.29, 1.82) is 0 Å². The van der Waals surface area contributed by atoms with Gasteiger partial charge in [0.15, 0.2) is 0 Å². The summed E-state index contributed by atoms with van der Waals surface area (Å²) in [5.41, 5.74) is 2.82. The lowest BCUT2D eigenvalue weighted by Crippen LogP contribution is -2.50. The first-order chi connectivity index (χ1) is 12.6. The molecular weight excluding hydrogens is 326 g/mol. The number of carbonyl (C=O) groups is 2. The minimum Gasteiger partial charge on any atom is -0.343 e. The molecule has 1 aliphatic heterocycles. The molecule has 2 aromatic carbocycles. The minimum absolute atomic E-state index is 0.0219. The highest BCUT2D eigenvalue weighted by molar-refractivity contribution is 5.97. The van der Waals surface area contributed by atoms with Crippen molar-refractivity contribution in [3.05, 3.63) is 71.3 Å². The first-order valence-corrected chi connectivity index (χ1v) is 9.01. The van der Waals surface area contributed by atoms with Crippen LogP contribution >= 0.6 is 0 Å². The van der Waals surface area contributed by atoms with Crippen LogP contribution in [0.5, 0.6) is 0 Å². The number of piperazine rings is 1. The molecule has 2 amide bonds. The van der Waals surface area contributed by atoms with Gasteiger partial charge in [-0.1, -0.05) is 48.5 Å². The normalized spacial score (nSPS) is 14.9. The molecule has 1 saturated heterocycles. The maximum absolute atomic E-state index is 12.4. The second-order valence-corrected chi connectivity index (χ2v) is 6.64. The topological polar surface area (TPSA) is 52.7 Å². The van der Waals surface area contributed by atoms with Crippen LogP contribution in [-0.2, 0) is 11.3 Å². The molecule has 26 heavy (non-hydrogen) atoms. The zero-order valence-corrected chi connectivity index (χ0v) is 15.1. The van der Waals surface area contributed by atoms with E-state index in [-0.39, 0.29) is 18.4 Å². The van der Waals surface area contributed by atoms with E-state index < -0.39 is 0 Å². The third-order valence-electron chi connectivity index (χ3n) is 4.76. The van der Waals surface area contributed by atoms with Crippen LogP contribution in [0.15, 0.2) is 54.6 Å². The van der Waals surface area contributed by atoms with Crippen LogP contribution in [-0.4, -0.2) is 54.3 Å². The van der Waals surface area contributed by atoms with Gasteiger partial charge in [-0.25, -0.2) is 0 Å². The third-order valence-corrected chi connectivity index (χ3v) is 4.76. The van der Waals surface area contributed by atoms with Crippen LogP contribution < -0.4 is 5.32 Å². The van der Waals surface area contributed by atoms with E-state index in [0.29, 0.717) is 18.7 Å². The molecule has 0 bridgehead atoms. The number of aryl methyl sites for hydroxylation is 1. The Morgan fingerprint density at radius 1 is 0.923 bits per heavy atom. The molecule has 0 spiro atoms. The van der Waals surface area contributed by atoms with Gasteiger partial charge in [0.25, 0.3) is 5.91 Å². The van der Waals surface area contributed by atoms with E-state index in [4.69, 9.17) is 0 Å².